The molecule has 1 heterocycles. The molecule has 1 aromatic carbocycles. The number of benzene rings is 1. The number of hydrogen-bond acceptors (Lipinski definition) is 4. The summed E-state index contributed by atoms with van der Waals surface area (Å²) in [5, 5.41) is 9.18. The Kier molecular flexibility index (Phi) is 4.06. The maximum absolute atomic E-state index is 11.4. The first-order chi connectivity index (χ1) is 9.15. The van der Waals surface area contributed by atoms with Gasteiger partial charge < -0.3 is 9.64 Å². The van der Waals surface area contributed by atoms with Crippen LogP contribution in [0.2, 0.25) is 0 Å². The molecule has 0 unspecified atom stereocenters. The van der Waals surface area contributed by atoms with Gasteiger partial charge in [0.2, 0.25) is 0 Å². The lowest BCUT2D eigenvalue weighted by molar-refractivity contribution is -0.121. The van der Waals surface area contributed by atoms with Crippen molar-refractivity contribution < 1.29 is 9.53 Å². The number of carbonyl (C=O) groups excluding carboxylic acids is 1. The van der Waals surface area contributed by atoms with Crippen molar-refractivity contribution in [2.45, 2.75) is 19.8 Å². The lowest BCUT2D eigenvalue weighted by Gasteiger charge is -2.33. The number of rotatable bonds is 3. The van der Waals surface area contributed by atoms with E-state index in [1.54, 1.807) is 26.2 Å². The van der Waals surface area contributed by atoms with Gasteiger partial charge in [0.15, 0.2) is 0 Å². The summed E-state index contributed by atoms with van der Waals surface area (Å²) in [5.74, 6) is 1.20. The van der Waals surface area contributed by atoms with Crippen molar-refractivity contribution in [2.75, 3.05) is 25.1 Å². The number of ketones is 1. The molecule has 4 heteroatoms. The molecule has 4 nitrogen and oxygen atoms in total. The zero-order chi connectivity index (χ0) is 13.8. The number of carbonyl (C=O) groups is 1. The Labute approximate surface area is 113 Å². The number of nitriles is 1. The lowest BCUT2D eigenvalue weighted by atomic mass is 9.93. The van der Waals surface area contributed by atoms with Gasteiger partial charge in [-0.25, -0.2) is 0 Å². The second kappa shape index (κ2) is 5.75. The molecule has 0 amide bonds. The van der Waals surface area contributed by atoms with Crippen LogP contribution in [0.1, 0.15) is 25.3 Å². The highest BCUT2D eigenvalue weighted by atomic mass is 16.5. The van der Waals surface area contributed by atoms with E-state index in [9.17, 15) is 10.1 Å². The van der Waals surface area contributed by atoms with Crippen LogP contribution in [0.25, 0.3) is 0 Å². The van der Waals surface area contributed by atoms with Crippen LogP contribution < -0.4 is 9.64 Å². The molecule has 0 spiro atoms. The molecule has 0 bridgehead atoms. The van der Waals surface area contributed by atoms with Crippen LogP contribution in [0.5, 0.6) is 5.75 Å². The van der Waals surface area contributed by atoms with E-state index < -0.39 is 0 Å². The number of hydrogen-bond donors (Lipinski definition) is 0. The topological polar surface area (TPSA) is 53.3 Å². The predicted octanol–water partition coefficient (Wildman–Crippen LogP) is 2.37. The average Bonchev–Trinajstić information content (AvgIpc) is 2.46. The maximum atomic E-state index is 11.4. The van der Waals surface area contributed by atoms with Crippen molar-refractivity contribution in [3.63, 3.8) is 0 Å². The molecule has 1 aliphatic heterocycles. The van der Waals surface area contributed by atoms with E-state index in [0.717, 1.165) is 37.4 Å². The monoisotopic (exact) mass is 258 g/mol. The molecule has 0 radical (unpaired) electrons. The minimum Gasteiger partial charge on any atom is -0.497 e. The van der Waals surface area contributed by atoms with E-state index >= 15 is 0 Å². The Bertz CT molecular complexity index is 511. The highest BCUT2D eigenvalue weighted by molar-refractivity contribution is 5.78. The van der Waals surface area contributed by atoms with Gasteiger partial charge in [-0.1, -0.05) is 0 Å². The third kappa shape index (κ3) is 2.87. The second-order valence-electron chi connectivity index (χ2n) is 4.87. The van der Waals surface area contributed by atoms with Gasteiger partial charge in [-0.05, 0) is 31.9 Å². The van der Waals surface area contributed by atoms with Gasteiger partial charge >= 0.3 is 0 Å². The molecule has 1 aliphatic rings. The summed E-state index contributed by atoms with van der Waals surface area (Å²) in [6, 6.07) is 7.69. The summed E-state index contributed by atoms with van der Waals surface area (Å²) >= 11 is 0. The van der Waals surface area contributed by atoms with Gasteiger partial charge in [0.25, 0.3) is 0 Å². The Morgan fingerprint density at radius 1 is 1.42 bits per heavy atom. The number of Topliss-reactive ketones (excluding diaryl/α,β-unsaturated/α-hetero) is 1. The summed E-state index contributed by atoms with van der Waals surface area (Å²) in [6.45, 7) is 3.28. The summed E-state index contributed by atoms with van der Waals surface area (Å²) in [7, 11) is 1.62. The number of ether oxygens (including phenoxy) is 1. The molecule has 0 aromatic heterocycles. The van der Waals surface area contributed by atoms with Gasteiger partial charge in [-0.2, -0.15) is 5.26 Å². The second-order valence-corrected chi connectivity index (χ2v) is 4.87. The van der Waals surface area contributed by atoms with Crippen LogP contribution >= 0.6 is 0 Å². The van der Waals surface area contributed by atoms with Crippen molar-refractivity contribution >= 4 is 11.5 Å². The highest BCUT2D eigenvalue weighted by Gasteiger charge is 2.23. The van der Waals surface area contributed by atoms with E-state index in [1.807, 2.05) is 6.07 Å². The number of methoxy groups -OCH3 is 1. The van der Waals surface area contributed by atoms with E-state index in [1.165, 1.54) is 0 Å². The fourth-order valence-corrected chi connectivity index (χ4v) is 2.52. The fraction of sp³-hybridized carbons (Fsp3) is 0.467. The van der Waals surface area contributed by atoms with Crippen molar-refractivity contribution in [1.29, 1.82) is 5.26 Å². The van der Waals surface area contributed by atoms with E-state index in [0.29, 0.717) is 5.56 Å². The smallest absolute Gasteiger partial charge is 0.133 e. The fourth-order valence-electron chi connectivity index (χ4n) is 2.52. The molecule has 1 aromatic rings. The average molecular weight is 258 g/mol. The van der Waals surface area contributed by atoms with E-state index in [-0.39, 0.29) is 11.7 Å². The predicted molar refractivity (Wildman–Crippen MR) is 73.3 cm³/mol. The van der Waals surface area contributed by atoms with Gasteiger partial charge in [0.05, 0.1) is 18.4 Å². The Morgan fingerprint density at radius 2 is 2.11 bits per heavy atom. The van der Waals surface area contributed by atoms with Crippen LogP contribution in [-0.4, -0.2) is 26.0 Å². The molecule has 0 N–H and O–H groups in total. The SMILES string of the molecule is COc1ccc(C#N)c(N2CCC(C(C)=O)CC2)c1. The zero-order valence-corrected chi connectivity index (χ0v) is 11.3. The van der Waals surface area contributed by atoms with Crippen LogP contribution in [0.3, 0.4) is 0 Å². The van der Waals surface area contributed by atoms with Crippen molar-refractivity contribution in [2.24, 2.45) is 5.92 Å². The maximum Gasteiger partial charge on any atom is 0.133 e. The third-order valence-corrected chi connectivity index (χ3v) is 3.74. The highest BCUT2D eigenvalue weighted by Crippen LogP contribution is 2.29. The minimum atomic E-state index is 0.174. The molecular formula is C15H18N2O2. The molecule has 19 heavy (non-hydrogen) atoms. The Hall–Kier alpha value is -2.02. The van der Waals surface area contributed by atoms with Crippen LogP contribution in [0.4, 0.5) is 5.69 Å². The van der Waals surface area contributed by atoms with Crippen molar-refractivity contribution in [3.8, 4) is 11.8 Å². The van der Waals surface area contributed by atoms with Crippen LogP contribution in [0.15, 0.2) is 18.2 Å². The molecule has 0 saturated carbocycles. The number of piperidine rings is 1. The van der Waals surface area contributed by atoms with Gasteiger partial charge in [0.1, 0.15) is 17.6 Å². The Morgan fingerprint density at radius 3 is 2.63 bits per heavy atom. The minimum absolute atomic E-state index is 0.174. The van der Waals surface area contributed by atoms with Gasteiger partial charge in [0, 0.05) is 25.1 Å². The summed E-state index contributed by atoms with van der Waals surface area (Å²) < 4.78 is 5.21. The standard InChI is InChI=1S/C15H18N2O2/c1-11(18)12-5-7-17(8-6-12)15-9-14(19-2)4-3-13(15)10-16/h3-4,9,12H,5-8H2,1-2H3. The zero-order valence-electron chi connectivity index (χ0n) is 11.3. The number of anilines is 1. The van der Waals surface area contributed by atoms with Crippen molar-refractivity contribution in [3.05, 3.63) is 23.8 Å². The first-order valence-electron chi connectivity index (χ1n) is 6.49. The van der Waals surface area contributed by atoms with Crippen LogP contribution in [0, 0.1) is 17.2 Å². The van der Waals surface area contributed by atoms with E-state index in [4.69, 9.17) is 4.74 Å². The lowest BCUT2D eigenvalue weighted by Crippen LogP contribution is -2.36. The largest absolute Gasteiger partial charge is 0.497 e. The summed E-state index contributed by atoms with van der Waals surface area (Å²) in [5.41, 5.74) is 1.56. The first-order valence-corrected chi connectivity index (χ1v) is 6.49. The molecular weight excluding hydrogens is 240 g/mol. The Balaban J connectivity index is 2.19. The summed E-state index contributed by atoms with van der Waals surface area (Å²) in [6.07, 6.45) is 1.72. The molecule has 2 rings (SSSR count). The van der Waals surface area contributed by atoms with Gasteiger partial charge in [-0.15, -0.1) is 0 Å². The van der Waals surface area contributed by atoms with Crippen molar-refractivity contribution in [1.82, 2.24) is 0 Å². The number of nitrogens with zero attached hydrogens (tertiary/aromatic N) is 2. The summed E-state index contributed by atoms with van der Waals surface area (Å²) in [4.78, 5) is 13.5. The molecule has 0 aliphatic carbocycles. The molecule has 1 saturated heterocycles. The van der Waals surface area contributed by atoms with Gasteiger partial charge in [-0.3, -0.25) is 4.79 Å². The quantitative estimate of drug-likeness (QED) is 0.835. The molecule has 100 valence electrons. The first kappa shape index (κ1) is 13.4. The van der Waals surface area contributed by atoms with E-state index in [2.05, 4.69) is 11.0 Å². The molecule has 0 atom stereocenters. The molecule has 1 fully saturated rings. The normalized spacial score (nSPS) is 15.9. The third-order valence-electron chi connectivity index (χ3n) is 3.74. The van der Waals surface area contributed by atoms with Crippen LogP contribution in [-0.2, 0) is 4.79 Å².